The van der Waals surface area contributed by atoms with Crippen LogP contribution in [0.1, 0.15) is 43.9 Å². The van der Waals surface area contributed by atoms with Gasteiger partial charge in [0.05, 0.1) is 13.2 Å². The first-order valence-electron chi connectivity index (χ1n) is 7.27. The van der Waals surface area contributed by atoms with Gasteiger partial charge in [-0.1, -0.05) is 38.1 Å². The van der Waals surface area contributed by atoms with Gasteiger partial charge in [-0.2, -0.15) is 0 Å². The van der Waals surface area contributed by atoms with Crippen LogP contribution in [0, 0.1) is 0 Å². The van der Waals surface area contributed by atoms with Crippen molar-refractivity contribution in [2.45, 2.75) is 38.8 Å². The lowest BCUT2D eigenvalue weighted by atomic mass is 9.95. The van der Waals surface area contributed by atoms with E-state index in [-0.39, 0.29) is 6.04 Å². The van der Waals surface area contributed by atoms with Gasteiger partial charge in [0.25, 0.3) is 0 Å². The molecule has 0 radical (unpaired) electrons. The zero-order chi connectivity index (χ0) is 13.8. The van der Waals surface area contributed by atoms with E-state index in [1.807, 2.05) is 0 Å². The van der Waals surface area contributed by atoms with Gasteiger partial charge in [0, 0.05) is 25.2 Å². The molecule has 1 heterocycles. The Balaban J connectivity index is 2.18. The van der Waals surface area contributed by atoms with Gasteiger partial charge in [0.2, 0.25) is 0 Å². The molecule has 1 aromatic rings. The maximum Gasteiger partial charge on any atom is 0.0594 e. The molecule has 3 nitrogen and oxygen atoms in total. The average Bonchev–Trinajstić information content (AvgIpc) is 2.40. The molecule has 0 bridgehead atoms. The van der Waals surface area contributed by atoms with Crippen molar-refractivity contribution in [3.8, 4) is 0 Å². The largest absolute Gasteiger partial charge is 0.379 e. The Hall–Kier alpha value is -0.900. The van der Waals surface area contributed by atoms with Crippen LogP contribution in [0.15, 0.2) is 24.3 Å². The fourth-order valence-corrected chi connectivity index (χ4v) is 2.78. The fourth-order valence-electron chi connectivity index (χ4n) is 2.78. The van der Waals surface area contributed by atoms with Crippen molar-refractivity contribution in [1.29, 1.82) is 0 Å². The lowest BCUT2D eigenvalue weighted by Crippen LogP contribution is -2.45. The molecule has 0 spiro atoms. The SMILES string of the molecule is CC(C)c1ccc(C(C(C)N)N2CCOCC2)cc1. The van der Waals surface area contributed by atoms with E-state index in [1.165, 1.54) is 11.1 Å². The van der Waals surface area contributed by atoms with Crippen LogP contribution in [0.3, 0.4) is 0 Å². The number of hydrogen-bond acceptors (Lipinski definition) is 3. The summed E-state index contributed by atoms with van der Waals surface area (Å²) in [6.45, 7) is 10.1. The molecule has 0 aliphatic carbocycles. The van der Waals surface area contributed by atoms with Crippen LogP contribution in [-0.4, -0.2) is 37.2 Å². The lowest BCUT2D eigenvalue weighted by molar-refractivity contribution is 0.0116. The van der Waals surface area contributed by atoms with E-state index >= 15 is 0 Å². The van der Waals surface area contributed by atoms with E-state index in [9.17, 15) is 0 Å². The molecule has 2 rings (SSSR count). The standard InChI is InChI=1S/C16H26N2O/c1-12(2)14-4-6-15(7-5-14)16(13(3)17)18-8-10-19-11-9-18/h4-7,12-13,16H,8-11,17H2,1-3H3. The van der Waals surface area contributed by atoms with E-state index in [0.29, 0.717) is 12.0 Å². The Morgan fingerprint density at radius 1 is 1.00 bits per heavy atom. The van der Waals surface area contributed by atoms with Crippen LogP contribution in [0.2, 0.25) is 0 Å². The number of nitrogens with two attached hydrogens (primary N) is 1. The van der Waals surface area contributed by atoms with E-state index in [1.54, 1.807) is 0 Å². The van der Waals surface area contributed by atoms with Gasteiger partial charge in [-0.3, -0.25) is 4.90 Å². The van der Waals surface area contributed by atoms with Crippen molar-refractivity contribution in [1.82, 2.24) is 4.90 Å². The molecular formula is C16H26N2O. The van der Waals surface area contributed by atoms with Crippen LogP contribution >= 0.6 is 0 Å². The van der Waals surface area contributed by atoms with Crippen molar-refractivity contribution in [3.63, 3.8) is 0 Å². The summed E-state index contributed by atoms with van der Waals surface area (Å²) in [7, 11) is 0. The summed E-state index contributed by atoms with van der Waals surface area (Å²) in [4.78, 5) is 2.44. The van der Waals surface area contributed by atoms with Crippen LogP contribution in [0.5, 0.6) is 0 Å². The van der Waals surface area contributed by atoms with E-state index in [2.05, 4.69) is 49.9 Å². The van der Waals surface area contributed by atoms with Gasteiger partial charge in [-0.05, 0) is 24.0 Å². The van der Waals surface area contributed by atoms with Crippen molar-refractivity contribution in [2.75, 3.05) is 26.3 Å². The van der Waals surface area contributed by atoms with Crippen molar-refractivity contribution < 1.29 is 4.74 Å². The smallest absolute Gasteiger partial charge is 0.0594 e. The number of hydrogen-bond donors (Lipinski definition) is 1. The number of ether oxygens (including phenoxy) is 1. The molecule has 0 aromatic heterocycles. The van der Waals surface area contributed by atoms with Gasteiger partial charge in [-0.15, -0.1) is 0 Å². The maximum atomic E-state index is 6.21. The van der Waals surface area contributed by atoms with E-state index < -0.39 is 0 Å². The number of nitrogens with zero attached hydrogens (tertiary/aromatic N) is 1. The maximum absolute atomic E-state index is 6.21. The zero-order valence-electron chi connectivity index (χ0n) is 12.3. The Bertz CT molecular complexity index is 380. The molecule has 3 heteroatoms. The van der Waals surface area contributed by atoms with Crippen LogP contribution in [-0.2, 0) is 4.74 Å². The minimum Gasteiger partial charge on any atom is -0.379 e. The molecule has 0 amide bonds. The number of benzene rings is 1. The van der Waals surface area contributed by atoms with Gasteiger partial charge in [-0.25, -0.2) is 0 Å². The third-order valence-corrected chi connectivity index (χ3v) is 3.88. The Kier molecular flexibility index (Phi) is 4.97. The minimum atomic E-state index is 0.128. The third-order valence-electron chi connectivity index (χ3n) is 3.88. The third kappa shape index (κ3) is 3.56. The summed E-state index contributed by atoms with van der Waals surface area (Å²) >= 11 is 0. The summed E-state index contributed by atoms with van der Waals surface area (Å²) < 4.78 is 5.43. The van der Waals surface area contributed by atoms with Gasteiger partial charge >= 0.3 is 0 Å². The fraction of sp³-hybridized carbons (Fsp3) is 0.625. The Morgan fingerprint density at radius 3 is 2.00 bits per heavy atom. The average molecular weight is 262 g/mol. The molecule has 106 valence electrons. The first kappa shape index (κ1) is 14.5. The molecule has 1 aliphatic rings. The second-order valence-electron chi connectivity index (χ2n) is 5.77. The highest BCUT2D eigenvalue weighted by Gasteiger charge is 2.25. The number of rotatable bonds is 4. The summed E-state index contributed by atoms with van der Waals surface area (Å²) in [6, 6.07) is 9.36. The minimum absolute atomic E-state index is 0.128. The molecule has 2 atom stereocenters. The highest BCUT2D eigenvalue weighted by Crippen LogP contribution is 2.26. The molecule has 1 aliphatic heterocycles. The van der Waals surface area contributed by atoms with Gasteiger partial charge < -0.3 is 10.5 Å². The van der Waals surface area contributed by atoms with Crippen LogP contribution < -0.4 is 5.73 Å². The normalized spacial score (nSPS) is 20.5. The quantitative estimate of drug-likeness (QED) is 0.906. The molecule has 2 N–H and O–H groups in total. The Morgan fingerprint density at radius 2 is 1.53 bits per heavy atom. The predicted octanol–water partition coefficient (Wildman–Crippen LogP) is 2.53. The molecule has 2 unspecified atom stereocenters. The van der Waals surface area contributed by atoms with Crippen molar-refractivity contribution in [2.24, 2.45) is 5.73 Å². The number of morpholine rings is 1. The van der Waals surface area contributed by atoms with Crippen LogP contribution in [0.4, 0.5) is 0 Å². The monoisotopic (exact) mass is 262 g/mol. The first-order chi connectivity index (χ1) is 9.09. The summed E-state index contributed by atoms with van der Waals surface area (Å²) in [5.41, 5.74) is 8.92. The first-order valence-corrected chi connectivity index (χ1v) is 7.27. The van der Waals surface area contributed by atoms with Crippen LogP contribution in [0.25, 0.3) is 0 Å². The second-order valence-corrected chi connectivity index (χ2v) is 5.77. The highest BCUT2D eigenvalue weighted by molar-refractivity contribution is 5.27. The highest BCUT2D eigenvalue weighted by atomic mass is 16.5. The zero-order valence-corrected chi connectivity index (χ0v) is 12.3. The summed E-state index contributed by atoms with van der Waals surface area (Å²) in [6.07, 6.45) is 0. The molecule has 1 aromatic carbocycles. The molecule has 1 saturated heterocycles. The predicted molar refractivity (Wildman–Crippen MR) is 79.3 cm³/mol. The summed E-state index contributed by atoms with van der Waals surface area (Å²) in [5, 5.41) is 0. The molecular weight excluding hydrogens is 236 g/mol. The Labute approximate surface area is 116 Å². The molecule has 1 fully saturated rings. The van der Waals surface area contributed by atoms with Gasteiger partial charge in [0.1, 0.15) is 0 Å². The summed E-state index contributed by atoms with van der Waals surface area (Å²) in [5.74, 6) is 0.575. The molecule has 0 saturated carbocycles. The topological polar surface area (TPSA) is 38.5 Å². The second kappa shape index (κ2) is 6.51. The van der Waals surface area contributed by atoms with E-state index in [4.69, 9.17) is 10.5 Å². The van der Waals surface area contributed by atoms with E-state index in [0.717, 1.165) is 26.3 Å². The van der Waals surface area contributed by atoms with Crippen molar-refractivity contribution >= 4 is 0 Å². The van der Waals surface area contributed by atoms with Gasteiger partial charge in [0.15, 0.2) is 0 Å². The van der Waals surface area contributed by atoms with Crippen molar-refractivity contribution in [3.05, 3.63) is 35.4 Å². The lowest BCUT2D eigenvalue weighted by Gasteiger charge is -2.37. The molecule has 19 heavy (non-hydrogen) atoms.